The van der Waals surface area contributed by atoms with Gasteiger partial charge in [0.25, 0.3) is 0 Å². The summed E-state index contributed by atoms with van der Waals surface area (Å²) < 4.78 is 16.4. The summed E-state index contributed by atoms with van der Waals surface area (Å²) in [6, 6.07) is 15.7. The summed E-state index contributed by atoms with van der Waals surface area (Å²) in [5.41, 5.74) is 4.04. The predicted octanol–water partition coefficient (Wildman–Crippen LogP) is 7.54. The first-order chi connectivity index (χ1) is 21.2. The van der Waals surface area contributed by atoms with Crippen molar-refractivity contribution in [3.63, 3.8) is 0 Å². The van der Waals surface area contributed by atoms with Gasteiger partial charge in [-0.05, 0) is 71.9 Å². The summed E-state index contributed by atoms with van der Waals surface area (Å²) in [5, 5.41) is 5.22. The topological polar surface area (TPSA) is 80.3 Å². The van der Waals surface area contributed by atoms with E-state index in [1.807, 2.05) is 53.6 Å². The monoisotopic (exact) mass is 623 g/mol. The fourth-order valence-electron chi connectivity index (χ4n) is 5.08. The molecule has 1 N–H and O–H groups in total. The van der Waals surface area contributed by atoms with Gasteiger partial charge in [0, 0.05) is 36.9 Å². The van der Waals surface area contributed by atoms with E-state index < -0.39 is 0 Å². The second kappa shape index (κ2) is 17.7. The van der Waals surface area contributed by atoms with Crippen LogP contribution in [0.1, 0.15) is 74.4 Å². The Hall–Kier alpha value is -3.56. The molecule has 0 saturated carbocycles. The molecule has 0 saturated heterocycles. The van der Waals surface area contributed by atoms with Crippen molar-refractivity contribution in [3.05, 3.63) is 75.5 Å². The number of rotatable bonds is 17. The first-order valence-electron chi connectivity index (χ1n) is 15.5. The number of thiophene rings is 1. The van der Waals surface area contributed by atoms with Crippen LogP contribution in [-0.2, 0) is 22.5 Å². The number of hydrogen-bond acceptors (Lipinski definition) is 6. The number of ether oxygens (including phenoxy) is 3. The Balaban J connectivity index is 1.84. The standard InChI is InChI=1S/C35H49N3O5S/c1-8-43-20-11-18-38(35(40)36-34-29(25(2)3)13-9-14-30(34)26(4)5)24-33(39)37(23-28-12-10-21-44-28)19-17-27-15-16-31(41-6)32(22-27)42-7/h9-10,12-16,21-22,25-26H,8,11,17-20,23-24H2,1-7H3,(H,36,40). The van der Waals surface area contributed by atoms with Gasteiger partial charge in [-0.15, -0.1) is 11.3 Å². The Bertz CT molecular complexity index is 1300. The summed E-state index contributed by atoms with van der Waals surface area (Å²) in [6.45, 7) is 12.9. The molecular formula is C35H49N3O5S. The van der Waals surface area contributed by atoms with Crippen molar-refractivity contribution in [3.8, 4) is 11.5 Å². The molecule has 0 bridgehead atoms. The van der Waals surface area contributed by atoms with Crippen molar-refractivity contribution in [2.75, 3.05) is 52.4 Å². The molecule has 3 amide bonds. The van der Waals surface area contributed by atoms with Crippen LogP contribution >= 0.6 is 11.3 Å². The van der Waals surface area contributed by atoms with Crippen molar-refractivity contribution in [1.82, 2.24) is 9.80 Å². The zero-order valence-corrected chi connectivity index (χ0v) is 28.2. The lowest BCUT2D eigenvalue weighted by Gasteiger charge is -2.29. The van der Waals surface area contributed by atoms with Gasteiger partial charge in [-0.25, -0.2) is 4.79 Å². The molecule has 9 heteroatoms. The van der Waals surface area contributed by atoms with E-state index in [0.29, 0.717) is 57.2 Å². The van der Waals surface area contributed by atoms with Crippen LogP contribution in [-0.4, -0.2) is 68.8 Å². The van der Waals surface area contributed by atoms with Crippen LogP contribution < -0.4 is 14.8 Å². The van der Waals surface area contributed by atoms with Crippen LogP contribution in [0.15, 0.2) is 53.9 Å². The largest absolute Gasteiger partial charge is 0.493 e. The Morgan fingerprint density at radius 3 is 2.18 bits per heavy atom. The molecule has 0 atom stereocenters. The maximum Gasteiger partial charge on any atom is 0.322 e. The minimum atomic E-state index is -0.277. The van der Waals surface area contributed by atoms with Crippen LogP contribution in [0.2, 0.25) is 0 Å². The molecule has 0 aliphatic rings. The molecule has 0 fully saturated rings. The number of para-hydroxylation sites is 1. The number of benzene rings is 2. The molecule has 44 heavy (non-hydrogen) atoms. The fourth-order valence-corrected chi connectivity index (χ4v) is 5.80. The molecule has 0 radical (unpaired) electrons. The van der Waals surface area contributed by atoms with Gasteiger partial charge in [0.2, 0.25) is 5.91 Å². The molecule has 2 aromatic carbocycles. The lowest BCUT2D eigenvalue weighted by atomic mass is 9.93. The van der Waals surface area contributed by atoms with Gasteiger partial charge >= 0.3 is 6.03 Å². The summed E-state index contributed by atoms with van der Waals surface area (Å²) >= 11 is 1.62. The highest BCUT2D eigenvalue weighted by Gasteiger charge is 2.24. The minimum Gasteiger partial charge on any atom is -0.493 e. The first-order valence-corrected chi connectivity index (χ1v) is 16.3. The van der Waals surface area contributed by atoms with Crippen molar-refractivity contribution in [2.45, 2.75) is 65.8 Å². The third kappa shape index (κ3) is 9.99. The molecule has 1 aromatic heterocycles. The minimum absolute atomic E-state index is 0.0316. The molecule has 0 aliphatic heterocycles. The lowest BCUT2D eigenvalue weighted by Crippen LogP contribution is -2.45. The van der Waals surface area contributed by atoms with Crippen molar-refractivity contribution < 1.29 is 23.8 Å². The molecule has 3 rings (SSSR count). The number of urea groups is 1. The maximum atomic E-state index is 14.0. The van der Waals surface area contributed by atoms with Gasteiger partial charge in [0.1, 0.15) is 6.54 Å². The fraction of sp³-hybridized carbons (Fsp3) is 0.486. The molecule has 3 aromatic rings. The second-order valence-corrected chi connectivity index (χ2v) is 12.4. The third-order valence-electron chi connectivity index (χ3n) is 7.54. The van der Waals surface area contributed by atoms with E-state index in [2.05, 4.69) is 45.1 Å². The molecular weight excluding hydrogens is 574 g/mol. The second-order valence-electron chi connectivity index (χ2n) is 11.4. The van der Waals surface area contributed by atoms with Crippen molar-refractivity contribution in [2.24, 2.45) is 0 Å². The number of nitrogens with one attached hydrogen (secondary N) is 1. The van der Waals surface area contributed by atoms with Gasteiger partial charge in [0.05, 0.1) is 20.8 Å². The average molecular weight is 624 g/mol. The summed E-state index contributed by atoms with van der Waals surface area (Å²) in [6.07, 6.45) is 1.27. The van der Waals surface area contributed by atoms with Gasteiger partial charge in [-0.3, -0.25) is 4.79 Å². The Labute approximate surface area is 267 Å². The zero-order valence-electron chi connectivity index (χ0n) is 27.4. The van der Waals surface area contributed by atoms with Crippen LogP contribution in [0, 0.1) is 0 Å². The molecule has 0 aliphatic carbocycles. The maximum absolute atomic E-state index is 14.0. The van der Waals surface area contributed by atoms with E-state index in [0.717, 1.165) is 27.3 Å². The van der Waals surface area contributed by atoms with Crippen molar-refractivity contribution in [1.29, 1.82) is 0 Å². The zero-order chi connectivity index (χ0) is 32.1. The first kappa shape index (κ1) is 34.9. The van der Waals surface area contributed by atoms with E-state index >= 15 is 0 Å². The number of anilines is 1. The molecule has 0 spiro atoms. The van der Waals surface area contributed by atoms with Crippen molar-refractivity contribution >= 4 is 29.0 Å². The number of hydrogen-bond donors (Lipinski definition) is 1. The van der Waals surface area contributed by atoms with E-state index in [1.165, 1.54) is 0 Å². The Kier molecular flexibility index (Phi) is 14.0. The molecule has 1 heterocycles. The summed E-state index contributed by atoms with van der Waals surface area (Å²) in [5.74, 6) is 1.67. The highest BCUT2D eigenvalue weighted by Crippen LogP contribution is 2.33. The van der Waals surface area contributed by atoms with Gasteiger partial charge in [-0.2, -0.15) is 0 Å². The van der Waals surface area contributed by atoms with Gasteiger partial charge in [0.15, 0.2) is 11.5 Å². The van der Waals surface area contributed by atoms with Gasteiger partial charge in [-0.1, -0.05) is 58.0 Å². The predicted molar refractivity (Wildman–Crippen MR) is 179 cm³/mol. The van der Waals surface area contributed by atoms with Crippen LogP contribution in [0.25, 0.3) is 0 Å². The number of nitrogens with zero attached hydrogens (tertiary/aromatic N) is 2. The average Bonchev–Trinajstić information content (AvgIpc) is 3.53. The van der Waals surface area contributed by atoms with Crippen LogP contribution in [0.5, 0.6) is 11.5 Å². The van der Waals surface area contributed by atoms with Gasteiger partial charge < -0.3 is 29.3 Å². The number of carbonyl (C=O) groups excluding carboxylic acids is 2. The molecule has 240 valence electrons. The Morgan fingerprint density at radius 1 is 0.886 bits per heavy atom. The number of carbonyl (C=O) groups is 2. The van der Waals surface area contributed by atoms with E-state index in [4.69, 9.17) is 14.2 Å². The summed E-state index contributed by atoms with van der Waals surface area (Å²) in [7, 11) is 3.23. The highest BCUT2D eigenvalue weighted by molar-refractivity contribution is 7.09. The van der Waals surface area contributed by atoms with E-state index in [-0.39, 0.29) is 30.3 Å². The molecule has 0 unspecified atom stereocenters. The quantitative estimate of drug-likeness (QED) is 0.157. The third-order valence-corrected chi connectivity index (χ3v) is 8.40. The van der Waals surface area contributed by atoms with Crippen LogP contribution in [0.4, 0.5) is 10.5 Å². The smallest absolute Gasteiger partial charge is 0.322 e. The number of amides is 3. The number of methoxy groups -OCH3 is 2. The molecule has 8 nitrogen and oxygen atoms in total. The lowest BCUT2D eigenvalue weighted by molar-refractivity contribution is -0.132. The highest BCUT2D eigenvalue weighted by atomic mass is 32.1. The Morgan fingerprint density at radius 2 is 1.59 bits per heavy atom. The normalized spacial score (nSPS) is 11.1. The SMILES string of the molecule is CCOCCCN(CC(=O)N(CCc1ccc(OC)c(OC)c1)Cc1cccs1)C(=O)Nc1c(C(C)C)cccc1C(C)C. The van der Waals surface area contributed by atoms with Crippen LogP contribution in [0.3, 0.4) is 0 Å². The van der Waals surface area contributed by atoms with E-state index in [1.54, 1.807) is 30.5 Å². The summed E-state index contributed by atoms with van der Waals surface area (Å²) in [4.78, 5) is 32.4. The van der Waals surface area contributed by atoms with E-state index in [9.17, 15) is 9.59 Å².